The second-order valence-corrected chi connectivity index (χ2v) is 28.9. The third-order valence-electron chi connectivity index (χ3n) is 16.9. The van der Waals surface area contributed by atoms with Gasteiger partial charge in [-0.2, -0.15) is 13.2 Å². The van der Waals surface area contributed by atoms with E-state index >= 15 is 0 Å². The maximum atomic E-state index is 14.6. The molecule has 5 aromatic carbocycles. The summed E-state index contributed by atoms with van der Waals surface area (Å²) in [6.45, 7) is 15.3. The smallest absolute Gasteiger partial charge is 0.380 e. The molecular weight excluding hydrogens is 1190 g/mol. The Hall–Kier alpha value is -6.47. The molecule has 5 aliphatic rings. The summed E-state index contributed by atoms with van der Waals surface area (Å²) >= 11 is 7.64. The molecule has 0 saturated carbocycles. The molecule has 10 rings (SSSR count). The van der Waals surface area contributed by atoms with Crippen LogP contribution in [0.15, 0.2) is 136 Å². The number of hydrazine groups is 1. The van der Waals surface area contributed by atoms with E-state index in [4.69, 9.17) is 11.6 Å². The zero-order valence-corrected chi connectivity index (χ0v) is 51.6. The van der Waals surface area contributed by atoms with Crippen molar-refractivity contribution in [1.82, 2.24) is 34.8 Å². The lowest BCUT2D eigenvalue weighted by molar-refractivity contribution is -0.123. The number of halogens is 4. The fourth-order valence-electron chi connectivity index (χ4n) is 12.4. The highest BCUT2D eigenvalue weighted by Crippen LogP contribution is 2.43. The topological polar surface area (TPSA) is 192 Å². The van der Waals surface area contributed by atoms with E-state index in [-0.39, 0.29) is 48.5 Å². The summed E-state index contributed by atoms with van der Waals surface area (Å²) in [5.74, 6) is -1.46. The number of benzene rings is 5. The van der Waals surface area contributed by atoms with Crippen LogP contribution in [0.5, 0.6) is 0 Å². The van der Waals surface area contributed by atoms with Crippen LogP contribution in [-0.2, 0) is 37.7 Å². The van der Waals surface area contributed by atoms with Gasteiger partial charge in [0, 0.05) is 116 Å². The molecule has 0 radical (unpaired) electrons. The number of piperazine rings is 2. The number of hydrogen-bond donors (Lipinski definition) is 3. The molecule has 4 heterocycles. The van der Waals surface area contributed by atoms with Crippen molar-refractivity contribution in [1.29, 1.82) is 0 Å². The predicted octanol–water partition coefficient (Wildman–Crippen LogP) is 9.91. The minimum atomic E-state index is -6.16. The van der Waals surface area contributed by atoms with Crippen molar-refractivity contribution in [3.63, 3.8) is 0 Å². The number of urea groups is 1. The van der Waals surface area contributed by atoms with Gasteiger partial charge in [-0.25, -0.2) is 36.4 Å². The molecule has 0 bridgehead atoms. The van der Waals surface area contributed by atoms with Crippen molar-refractivity contribution >= 4 is 83.9 Å². The molecule has 3 N–H and O–H groups in total. The number of anilines is 2. The first kappa shape index (κ1) is 62.6. The van der Waals surface area contributed by atoms with Crippen molar-refractivity contribution < 1.29 is 49.2 Å². The lowest BCUT2D eigenvalue weighted by Gasteiger charge is -2.45. The molecule has 458 valence electrons. The number of amides is 5. The number of fused-ring (bicyclic) bond motifs is 1. The van der Waals surface area contributed by atoms with E-state index in [1.54, 1.807) is 18.2 Å². The Morgan fingerprint density at radius 1 is 0.802 bits per heavy atom. The summed E-state index contributed by atoms with van der Waals surface area (Å²) in [5.41, 5.74) is 1.00. The highest BCUT2D eigenvalue weighted by molar-refractivity contribution is 7.99. The van der Waals surface area contributed by atoms with Crippen molar-refractivity contribution in [2.45, 2.75) is 111 Å². The summed E-state index contributed by atoms with van der Waals surface area (Å²) in [7, 11) is -11.1. The molecule has 2 unspecified atom stereocenters. The van der Waals surface area contributed by atoms with Gasteiger partial charge in [0.2, 0.25) is 5.91 Å². The van der Waals surface area contributed by atoms with Crippen molar-refractivity contribution in [3.8, 4) is 0 Å². The monoisotopic (exact) mass is 1260 g/mol. The molecule has 24 heteroatoms. The lowest BCUT2D eigenvalue weighted by atomic mass is 9.73. The van der Waals surface area contributed by atoms with Crippen LogP contribution in [0.4, 0.5) is 29.3 Å². The first-order valence-electron chi connectivity index (χ1n) is 28.8. The van der Waals surface area contributed by atoms with Gasteiger partial charge in [0.15, 0.2) is 0 Å². The number of nitrogens with zero attached hydrogens (tertiary/aromatic N) is 6. The number of imide groups is 1. The van der Waals surface area contributed by atoms with E-state index in [1.165, 1.54) is 50.6 Å². The minimum Gasteiger partial charge on any atom is -0.380 e. The Labute approximate surface area is 510 Å². The zero-order valence-electron chi connectivity index (χ0n) is 48.4. The number of hydrogen-bond acceptors (Lipinski definition) is 14. The van der Waals surface area contributed by atoms with Crippen LogP contribution in [0.1, 0.15) is 97.2 Å². The third-order valence-corrected chi connectivity index (χ3v) is 21.2. The first-order valence-corrected chi connectivity index (χ1v) is 33.2. The average molecular weight is 1260 g/mol. The summed E-state index contributed by atoms with van der Waals surface area (Å²) in [6, 6.07) is 30.6. The molecule has 17 nitrogen and oxygen atoms in total. The third kappa shape index (κ3) is 14.4. The summed E-state index contributed by atoms with van der Waals surface area (Å²) in [6.07, 6.45) is 3.55. The zero-order chi connectivity index (χ0) is 61.3. The van der Waals surface area contributed by atoms with Gasteiger partial charge >= 0.3 is 11.5 Å². The highest BCUT2D eigenvalue weighted by atomic mass is 35.5. The number of nitrogens with one attached hydrogen (secondary N) is 3. The number of sulfonamides is 1. The van der Waals surface area contributed by atoms with Gasteiger partial charge in [-0.05, 0) is 140 Å². The van der Waals surface area contributed by atoms with E-state index in [9.17, 15) is 49.2 Å². The number of sulfone groups is 1. The number of alkyl halides is 3. The molecule has 3 atom stereocenters. The van der Waals surface area contributed by atoms with Crippen LogP contribution in [0.2, 0.25) is 5.02 Å². The quantitative estimate of drug-likeness (QED) is 0.0662. The van der Waals surface area contributed by atoms with Gasteiger partial charge in [0.1, 0.15) is 4.90 Å². The molecule has 0 aromatic heterocycles. The maximum Gasteiger partial charge on any atom is 0.501 e. The minimum absolute atomic E-state index is 0.00649. The largest absolute Gasteiger partial charge is 0.501 e. The van der Waals surface area contributed by atoms with Crippen LogP contribution in [-0.4, -0.2) is 154 Å². The second kappa shape index (κ2) is 25.7. The van der Waals surface area contributed by atoms with Crippen LogP contribution in [0.3, 0.4) is 0 Å². The van der Waals surface area contributed by atoms with Crippen molar-refractivity contribution in [2.75, 3.05) is 74.9 Å². The maximum absolute atomic E-state index is 14.6. The molecular formula is C62H71ClF3N9O8S3. The number of thioether (sulfide) groups is 1. The summed E-state index contributed by atoms with van der Waals surface area (Å²) in [4.78, 5) is 59.1. The molecule has 1 aliphatic carbocycles. The SMILES string of the molecule is CC1CN(Cc2ccc3c(c2)CN(N2CCC(=O)NC2=O)C3=O)CC(C)N1CC[C@H](CSc1ccccc1)Nc1ccc(S(=O)(=O)NC(=O)c2ccc(N3CCN(CC4=C(c5ccc(Cl)cc5)CCC(C)(C)C4)CC3)cc2)cc1S(=O)(=O)C(F)(F)F. The fourth-order valence-corrected chi connectivity index (χ4v) is 15.5. The molecule has 0 spiro atoms. The van der Waals surface area contributed by atoms with E-state index in [1.807, 2.05) is 59.3 Å². The van der Waals surface area contributed by atoms with Gasteiger partial charge in [-0.1, -0.05) is 73.5 Å². The first-order chi connectivity index (χ1) is 40.8. The van der Waals surface area contributed by atoms with Crippen LogP contribution in [0, 0.1) is 5.41 Å². The Balaban J connectivity index is 0.784. The van der Waals surface area contributed by atoms with E-state index in [0.717, 1.165) is 72.7 Å². The van der Waals surface area contributed by atoms with Crippen LogP contribution >= 0.6 is 23.4 Å². The Kier molecular flexibility index (Phi) is 18.7. The Morgan fingerprint density at radius 2 is 1.50 bits per heavy atom. The molecule has 86 heavy (non-hydrogen) atoms. The number of allylic oxidation sites excluding steroid dienone is 1. The van der Waals surface area contributed by atoms with E-state index in [2.05, 4.69) is 70.1 Å². The second-order valence-electron chi connectivity index (χ2n) is 23.7. The highest BCUT2D eigenvalue weighted by Gasteiger charge is 2.49. The number of carbonyl (C=O) groups is 4. The standard InChI is InChI=1S/C62H71ClF3N9O8S3/c1-41-35-71(37-43-10-20-54-46(32-43)39-75(59(54)78)74-27-24-57(76)68-60(74)79)36-42(2)73(41)26-23-49(40-84-51-8-6-5-7-9-51)67-55-21-19-52(33-56(55)85(80,81)62(64,65)66)86(82,83)69-58(77)45-13-17-50(18-14-45)72-30-28-70(29-31-72)38-47-34-61(3,4)25-22-53(47)44-11-15-48(63)16-12-44/h5-21,32-33,41-42,49,67H,22-31,34-40H2,1-4H3,(H,69,77)(H,68,76,79)/t41?,42?,49-/m1/s1. The summed E-state index contributed by atoms with van der Waals surface area (Å²) < 4.78 is 100. The van der Waals surface area contributed by atoms with Gasteiger partial charge in [-0.15, -0.1) is 11.8 Å². The molecule has 3 saturated heterocycles. The average Bonchev–Trinajstić information content (AvgIpc) is 1.40. The molecule has 4 aliphatic heterocycles. The van der Waals surface area contributed by atoms with Gasteiger partial charge in [0.25, 0.3) is 31.7 Å². The fraction of sp³-hybridized carbons (Fsp3) is 0.419. The Bertz CT molecular complexity index is 3620. The number of rotatable bonds is 19. The van der Waals surface area contributed by atoms with E-state index < -0.39 is 64.7 Å². The van der Waals surface area contributed by atoms with Crippen molar-refractivity contribution in [2.24, 2.45) is 5.41 Å². The van der Waals surface area contributed by atoms with Gasteiger partial charge in [0.05, 0.1) is 23.7 Å². The lowest BCUT2D eigenvalue weighted by Crippen LogP contribution is -2.56. The van der Waals surface area contributed by atoms with Crippen LogP contribution in [0.25, 0.3) is 5.57 Å². The van der Waals surface area contributed by atoms with Crippen LogP contribution < -0.4 is 20.3 Å². The Morgan fingerprint density at radius 3 is 2.17 bits per heavy atom. The number of carbonyl (C=O) groups excluding carboxylic acids is 4. The normalized spacial score (nSPS) is 20.5. The van der Waals surface area contributed by atoms with E-state index in [0.29, 0.717) is 68.1 Å². The van der Waals surface area contributed by atoms with Crippen molar-refractivity contribution in [3.05, 3.63) is 154 Å². The molecule has 5 amide bonds. The molecule has 3 fully saturated rings. The van der Waals surface area contributed by atoms with Gasteiger partial charge < -0.3 is 10.2 Å². The van der Waals surface area contributed by atoms with Gasteiger partial charge in [-0.3, -0.25) is 34.4 Å². The summed E-state index contributed by atoms with van der Waals surface area (Å²) in [5, 5.41) is 8.66. The predicted molar refractivity (Wildman–Crippen MR) is 327 cm³/mol. The molecule has 5 aromatic rings.